The van der Waals surface area contributed by atoms with Crippen LogP contribution in [0.2, 0.25) is 0 Å². The zero-order chi connectivity index (χ0) is 28.9. The predicted octanol–water partition coefficient (Wildman–Crippen LogP) is 4.95. The molecule has 5 rings (SSSR count). The van der Waals surface area contributed by atoms with Crippen LogP contribution >= 0.6 is 0 Å². The quantitative estimate of drug-likeness (QED) is 0.232. The number of amides is 2. The summed E-state index contributed by atoms with van der Waals surface area (Å²) in [7, 11) is 0. The highest BCUT2D eigenvalue weighted by atomic mass is 16.6. The highest BCUT2D eigenvalue weighted by molar-refractivity contribution is 6.07. The molecule has 10 nitrogen and oxygen atoms in total. The first-order valence-electron chi connectivity index (χ1n) is 12.6. The number of primary amides is 1. The Balaban J connectivity index is 0.00000387. The van der Waals surface area contributed by atoms with E-state index in [0.717, 1.165) is 22.3 Å². The molecule has 0 unspecified atom stereocenters. The van der Waals surface area contributed by atoms with E-state index in [4.69, 9.17) is 21.9 Å². The second-order valence-corrected chi connectivity index (χ2v) is 10.8. The standard InChI is InChI=1S/C30H30N6O4.CH4/c1-16(27(33)37)14-35-15-22-20(9-10-23(32)25(22)28(35)38)17-8-11-24-21(13-17)26(18-6-5-7-19(31)12-18)34-36(24)29(39)40-30(2,3)4;/h5-13H,1,14-15,31-32H2,2-4H3,(H2,33,37);1H4. The number of rotatable bonds is 5. The van der Waals surface area contributed by atoms with Gasteiger partial charge in [0.25, 0.3) is 5.91 Å². The van der Waals surface area contributed by atoms with Crippen LogP contribution in [0.25, 0.3) is 33.3 Å². The number of hydrogen-bond donors (Lipinski definition) is 3. The van der Waals surface area contributed by atoms with Crippen molar-refractivity contribution in [1.29, 1.82) is 0 Å². The molecule has 0 bridgehead atoms. The largest absolute Gasteiger partial charge is 0.442 e. The Morgan fingerprint density at radius 2 is 1.78 bits per heavy atom. The number of aromatic nitrogens is 2. The summed E-state index contributed by atoms with van der Waals surface area (Å²) >= 11 is 0. The summed E-state index contributed by atoms with van der Waals surface area (Å²) in [5.74, 6) is -0.963. The lowest BCUT2D eigenvalue weighted by Crippen LogP contribution is -2.30. The molecule has 0 aliphatic carbocycles. The SMILES string of the molecule is C.C=C(CN1Cc2c(-c3ccc4c(c3)c(-c3cccc(N)c3)nn4C(=O)OC(C)(C)C)ccc(N)c2C1=O)C(N)=O. The van der Waals surface area contributed by atoms with E-state index in [-0.39, 0.29) is 32.0 Å². The van der Waals surface area contributed by atoms with Gasteiger partial charge in [-0.25, -0.2) is 4.79 Å². The maximum Gasteiger partial charge on any atom is 0.435 e. The van der Waals surface area contributed by atoms with Gasteiger partial charge in [-0.15, -0.1) is 0 Å². The third-order valence-electron chi connectivity index (χ3n) is 6.64. The zero-order valence-corrected chi connectivity index (χ0v) is 22.5. The van der Waals surface area contributed by atoms with Gasteiger partial charge in [0.2, 0.25) is 5.91 Å². The van der Waals surface area contributed by atoms with E-state index in [1.165, 1.54) is 9.58 Å². The minimum Gasteiger partial charge on any atom is -0.442 e. The van der Waals surface area contributed by atoms with E-state index >= 15 is 0 Å². The Morgan fingerprint density at radius 1 is 1.05 bits per heavy atom. The molecule has 1 aromatic heterocycles. The van der Waals surface area contributed by atoms with Crippen LogP contribution in [0.3, 0.4) is 0 Å². The first kappa shape index (κ1) is 28.9. The fourth-order valence-corrected chi connectivity index (χ4v) is 4.84. The number of nitrogen functional groups attached to an aromatic ring is 2. The second-order valence-electron chi connectivity index (χ2n) is 10.8. The highest BCUT2D eigenvalue weighted by Gasteiger charge is 2.33. The number of carbonyl (C=O) groups is 3. The third-order valence-corrected chi connectivity index (χ3v) is 6.64. The van der Waals surface area contributed by atoms with Crippen LogP contribution in [0.15, 0.2) is 66.7 Å². The lowest BCUT2D eigenvalue weighted by atomic mass is 9.94. The average molecular weight is 555 g/mol. The molecule has 0 saturated carbocycles. The van der Waals surface area contributed by atoms with E-state index in [9.17, 15) is 14.4 Å². The maximum atomic E-state index is 13.2. The molecule has 1 aliphatic rings. The van der Waals surface area contributed by atoms with Crippen molar-refractivity contribution in [2.75, 3.05) is 18.0 Å². The van der Waals surface area contributed by atoms with E-state index in [2.05, 4.69) is 11.7 Å². The molecule has 3 aromatic carbocycles. The van der Waals surface area contributed by atoms with Gasteiger partial charge >= 0.3 is 6.09 Å². The van der Waals surface area contributed by atoms with Crippen molar-refractivity contribution in [3.63, 3.8) is 0 Å². The van der Waals surface area contributed by atoms with Crippen LogP contribution in [0.5, 0.6) is 0 Å². The number of nitrogens with two attached hydrogens (primary N) is 3. The van der Waals surface area contributed by atoms with Crippen LogP contribution in [0, 0.1) is 0 Å². The molecular weight excluding hydrogens is 520 g/mol. The minimum absolute atomic E-state index is 0. The summed E-state index contributed by atoms with van der Waals surface area (Å²) in [4.78, 5) is 39.4. The molecule has 212 valence electrons. The first-order valence-corrected chi connectivity index (χ1v) is 12.6. The summed E-state index contributed by atoms with van der Waals surface area (Å²) in [5, 5.41) is 5.33. The van der Waals surface area contributed by atoms with Crippen molar-refractivity contribution in [2.45, 2.75) is 40.3 Å². The van der Waals surface area contributed by atoms with Crippen LogP contribution < -0.4 is 17.2 Å². The lowest BCUT2D eigenvalue weighted by Gasteiger charge is -2.19. The van der Waals surface area contributed by atoms with Crippen molar-refractivity contribution in [3.05, 3.63) is 77.9 Å². The maximum absolute atomic E-state index is 13.2. The summed E-state index contributed by atoms with van der Waals surface area (Å²) in [6.07, 6.45) is -0.607. The highest BCUT2D eigenvalue weighted by Crippen LogP contribution is 2.39. The van der Waals surface area contributed by atoms with Crippen molar-refractivity contribution in [3.8, 4) is 22.4 Å². The number of nitrogens with zero attached hydrogens (tertiary/aromatic N) is 3. The van der Waals surface area contributed by atoms with Gasteiger partial charge in [0.05, 0.1) is 17.6 Å². The normalized spacial score (nSPS) is 12.7. The zero-order valence-electron chi connectivity index (χ0n) is 22.5. The van der Waals surface area contributed by atoms with Crippen molar-refractivity contribution < 1.29 is 19.1 Å². The first-order chi connectivity index (χ1) is 18.8. The Morgan fingerprint density at radius 3 is 2.44 bits per heavy atom. The van der Waals surface area contributed by atoms with Gasteiger partial charge in [0, 0.05) is 34.4 Å². The van der Waals surface area contributed by atoms with Crippen molar-refractivity contribution in [2.24, 2.45) is 5.73 Å². The summed E-state index contributed by atoms with van der Waals surface area (Å²) in [6.45, 7) is 9.29. The molecule has 4 aromatic rings. The number of anilines is 2. The van der Waals surface area contributed by atoms with Gasteiger partial charge in [-0.3, -0.25) is 9.59 Å². The van der Waals surface area contributed by atoms with Crippen LogP contribution in [0.1, 0.15) is 44.1 Å². The van der Waals surface area contributed by atoms with Gasteiger partial charge in [-0.05, 0) is 67.8 Å². The van der Waals surface area contributed by atoms with Crippen LogP contribution in [0.4, 0.5) is 16.2 Å². The summed E-state index contributed by atoms with van der Waals surface area (Å²) in [5.41, 5.74) is 22.5. The molecule has 0 atom stereocenters. The third kappa shape index (κ3) is 5.36. The fraction of sp³-hybridized carbons (Fsp3) is 0.226. The minimum atomic E-state index is -0.713. The van der Waals surface area contributed by atoms with Gasteiger partial charge < -0.3 is 26.8 Å². The number of carbonyl (C=O) groups excluding carboxylic acids is 3. The van der Waals surface area contributed by atoms with E-state index < -0.39 is 17.6 Å². The Kier molecular flexibility index (Phi) is 7.36. The van der Waals surface area contributed by atoms with Crippen molar-refractivity contribution >= 4 is 40.2 Å². The monoisotopic (exact) mass is 554 g/mol. The number of ether oxygens (including phenoxy) is 1. The van der Waals surface area contributed by atoms with Crippen LogP contribution in [-0.4, -0.2) is 44.7 Å². The smallest absolute Gasteiger partial charge is 0.435 e. The Hall–Kier alpha value is -5.12. The van der Waals surface area contributed by atoms with E-state index in [1.807, 2.05) is 30.3 Å². The van der Waals surface area contributed by atoms with Crippen molar-refractivity contribution in [1.82, 2.24) is 14.7 Å². The molecule has 10 heteroatoms. The average Bonchev–Trinajstić information content (AvgIpc) is 3.41. The summed E-state index contributed by atoms with van der Waals surface area (Å²) in [6, 6.07) is 16.4. The molecule has 0 radical (unpaired) electrons. The molecule has 0 saturated heterocycles. The summed E-state index contributed by atoms with van der Waals surface area (Å²) < 4.78 is 6.85. The molecule has 0 fully saturated rings. The topological polar surface area (TPSA) is 160 Å². The molecule has 41 heavy (non-hydrogen) atoms. The number of fused-ring (bicyclic) bond motifs is 2. The van der Waals surface area contributed by atoms with Gasteiger partial charge in [-0.2, -0.15) is 9.78 Å². The van der Waals surface area contributed by atoms with Gasteiger partial charge in [-0.1, -0.05) is 38.3 Å². The molecule has 6 N–H and O–H groups in total. The second kappa shape index (κ2) is 10.5. The van der Waals surface area contributed by atoms with E-state index in [1.54, 1.807) is 45.0 Å². The van der Waals surface area contributed by atoms with Gasteiger partial charge in [0.15, 0.2) is 0 Å². The molecular formula is C31H34N6O4. The van der Waals surface area contributed by atoms with Gasteiger partial charge in [0.1, 0.15) is 11.3 Å². The Labute approximate surface area is 238 Å². The lowest BCUT2D eigenvalue weighted by molar-refractivity contribution is -0.114. The number of benzene rings is 3. The molecule has 0 spiro atoms. The molecule has 1 aliphatic heterocycles. The van der Waals surface area contributed by atoms with Crippen LogP contribution in [-0.2, 0) is 16.1 Å². The molecule has 2 amide bonds. The molecule has 2 heterocycles. The van der Waals surface area contributed by atoms with E-state index in [0.29, 0.717) is 33.5 Å². The fourth-order valence-electron chi connectivity index (χ4n) is 4.84. The Bertz CT molecular complexity index is 1730. The predicted molar refractivity (Wildman–Crippen MR) is 161 cm³/mol. The number of hydrogen-bond acceptors (Lipinski definition) is 7.